The van der Waals surface area contributed by atoms with E-state index < -0.39 is 0 Å². The van der Waals surface area contributed by atoms with Crippen molar-refractivity contribution in [1.82, 2.24) is 9.97 Å². The van der Waals surface area contributed by atoms with Crippen molar-refractivity contribution in [2.45, 2.75) is 6.92 Å². The Morgan fingerprint density at radius 1 is 1.32 bits per heavy atom. The van der Waals surface area contributed by atoms with Gasteiger partial charge in [0.05, 0.1) is 17.4 Å². The Morgan fingerprint density at radius 3 is 3.00 bits per heavy atom. The zero-order valence-corrected chi connectivity index (χ0v) is 11.1. The number of benzene rings is 1. The fraction of sp³-hybridized carbons (Fsp3) is 0.143. The Balaban J connectivity index is 2.08. The number of rotatable bonds is 3. The Bertz CT molecular complexity index is 724. The highest BCUT2D eigenvalue weighted by Crippen LogP contribution is 2.31. The Kier molecular flexibility index (Phi) is 3.09. The number of fused-ring (bicyclic) bond motifs is 1. The first-order chi connectivity index (χ1) is 9.28. The van der Waals surface area contributed by atoms with E-state index in [9.17, 15) is 0 Å². The van der Waals surface area contributed by atoms with Crippen LogP contribution < -0.4 is 5.32 Å². The predicted octanol–water partition coefficient (Wildman–Crippen LogP) is 3.98. The van der Waals surface area contributed by atoms with E-state index in [0.717, 1.165) is 17.7 Å². The van der Waals surface area contributed by atoms with Gasteiger partial charge >= 0.3 is 0 Å². The molecule has 1 N–H and O–H groups in total. The molecule has 0 bridgehead atoms. The molecule has 0 aliphatic heterocycles. The van der Waals surface area contributed by atoms with Crippen molar-refractivity contribution < 1.29 is 4.42 Å². The molecule has 5 heteroatoms. The van der Waals surface area contributed by atoms with Crippen molar-refractivity contribution in [1.29, 1.82) is 0 Å². The van der Waals surface area contributed by atoms with E-state index in [0.29, 0.717) is 22.1 Å². The summed E-state index contributed by atoms with van der Waals surface area (Å²) in [5.41, 5.74) is 1.36. The molecule has 2 aromatic heterocycles. The minimum absolute atomic E-state index is 0.597. The lowest BCUT2D eigenvalue weighted by Crippen LogP contribution is -2.00. The van der Waals surface area contributed by atoms with Crippen LogP contribution in [0.2, 0.25) is 5.02 Å². The lowest BCUT2D eigenvalue weighted by molar-refractivity contribution is 0.628. The van der Waals surface area contributed by atoms with Gasteiger partial charge in [0.1, 0.15) is 11.5 Å². The number of hydrogen-bond donors (Lipinski definition) is 1. The number of hydrogen-bond acceptors (Lipinski definition) is 4. The maximum absolute atomic E-state index is 6.10. The van der Waals surface area contributed by atoms with Crippen molar-refractivity contribution in [3.63, 3.8) is 0 Å². The fourth-order valence-corrected chi connectivity index (χ4v) is 2.13. The van der Waals surface area contributed by atoms with Gasteiger partial charge in [-0.3, -0.25) is 4.98 Å². The molecule has 4 nitrogen and oxygen atoms in total. The number of halogens is 1. The van der Waals surface area contributed by atoms with E-state index in [2.05, 4.69) is 15.3 Å². The molecule has 0 aliphatic rings. The number of nitrogens with zero attached hydrogens (tertiary/aromatic N) is 2. The van der Waals surface area contributed by atoms with Gasteiger partial charge in [-0.2, -0.15) is 0 Å². The molecule has 2 heterocycles. The summed E-state index contributed by atoms with van der Waals surface area (Å²) in [6.07, 6.45) is 3.36. The van der Waals surface area contributed by atoms with Crippen LogP contribution in [0.15, 0.2) is 41.1 Å². The van der Waals surface area contributed by atoms with Crippen LogP contribution in [0.4, 0.5) is 5.82 Å². The summed E-state index contributed by atoms with van der Waals surface area (Å²) in [5.74, 6) is 1.39. The van der Waals surface area contributed by atoms with Crippen LogP contribution in [-0.2, 0) is 0 Å². The van der Waals surface area contributed by atoms with E-state index in [4.69, 9.17) is 16.0 Å². The summed E-state index contributed by atoms with van der Waals surface area (Å²) in [4.78, 5) is 8.60. The van der Waals surface area contributed by atoms with Gasteiger partial charge in [0.25, 0.3) is 0 Å². The number of para-hydroxylation sites is 1. The molecular formula is C14H12ClN3O. The smallest absolute Gasteiger partial charge is 0.155 e. The summed E-state index contributed by atoms with van der Waals surface area (Å²) in [7, 11) is 0. The second-order valence-electron chi connectivity index (χ2n) is 4.09. The van der Waals surface area contributed by atoms with Crippen LogP contribution >= 0.6 is 11.6 Å². The summed E-state index contributed by atoms with van der Waals surface area (Å²) in [6.45, 7) is 2.80. The van der Waals surface area contributed by atoms with Crippen molar-refractivity contribution >= 4 is 28.4 Å². The van der Waals surface area contributed by atoms with Crippen LogP contribution in [0, 0.1) is 0 Å². The van der Waals surface area contributed by atoms with Gasteiger partial charge in [-0.05, 0) is 19.1 Å². The third kappa shape index (κ3) is 2.27. The second-order valence-corrected chi connectivity index (χ2v) is 4.50. The Hall–Kier alpha value is -2.07. The molecule has 0 amide bonds. The second kappa shape index (κ2) is 4.90. The quantitative estimate of drug-likeness (QED) is 0.784. The maximum Gasteiger partial charge on any atom is 0.155 e. The maximum atomic E-state index is 6.10. The summed E-state index contributed by atoms with van der Waals surface area (Å²) in [6, 6.07) is 7.57. The molecule has 3 rings (SSSR count). The molecule has 0 atom stereocenters. The predicted molar refractivity (Wildman–Crippen MR) is 76.4 cm³/mol. The van der Waals surface area contributed by atoms with Gasteiger partial charge in [-0.25, -0.2) is 4.98 Å². The highest BCUT2D eigenvalue weighted by molar-refractivity contribution is 6.34. The van der Waals surface area contributed by atoms with Crippen molar-refractivity contribution in [3.8, 4) is 11.5 Å². The van der Waals surface area contributed by atoms with Crippen LogP contribution in [-0.4, -0.2) is 16.5 Å². The van der Waals surface area contributed by atoms with E-state index in [1.165, 1.54) is 0 Å². The highest BCUT2D eigenvalue weighted by atomic mass is 35.5. The van der Waals surface area contributed by atoms with Gasteiger partial charge in [-0.15, -0.1) is 0 Å². The van der Waals surface area contributed by atoms with Crippen LogP contribution in [0.25, 0.3) is 22.4 Å². The Labute approximate surface area is 115 Å². The van der Waals surface area contributed by atoms with Crippen molar-refractivity contribution in [2.24, 2.45) is 0 Å². The molecule has 0 aliphatic carbocycles. The number of furan rings is 1. The fourth-order valence-electron chi connectivity index (χ4n) is 1.90. The number of aromatic nitrogens is 2. The molecule has 1 aromatic carbocycles. The van der Waals surface area contributed by atoms with Crippen LogP contribution in [0.1, 0.15) is 6.92 Å². The standard InChI is InChI=1S/C14H12ClN3O/c1-2-17-13-8-16-7-11(18-13)12-6-9-4-3-5-10(15)14(9)19-12/h3-8H,2H2,1H3,(H,17,18). The molecule has 96 valence electrons. The first kappa shape index (κ1) is 12.0. The van der Waals surface area contributed by atoms with Crippen molar-refractivity contribution in [2.75, 3.05) is 11.9 Å². The van der Waals surface area contributed by atoms with Gasteiger partial charge < -0.3 is 9.73 Å². The van der Waals surface area contributed by atoms with Gasteiger partial charge in [0.15, 0.2) is 11.3 Å². The molecule has 0 unspecified atom stereocenters. The van der Waals surface area contributed by atoms with E-state index in [1.54, 1.807) is 18.5 Å². The first-order valence-corrected chi connectivity index (χ1v) is 6.40. The zero-order valence-electron chi connectivity index (χ0n) is 10.4. The molecule has 0 saturated heterocycles. The molecule has 0 spiro atoms. The van der Waals surface area contributed by atoms with Crippen LogP contribution in [0.5, 0.6) is 0 Å². The number of nitrogens with one attached hydrogen (secondary N) is 1. The van der Waals surface area contributed by atoms with Gasteiger partial charge in [-0.1, -0.05) is 23.7 Å². The highest BCUT2D eigenvalue weighted by Gasteiger charge is 2.10. The average molecular weight is 274 g/mol. The Morgan fingerprint density at radius 2 is 2.21 bits per heavy atom. The minimum atomic E-state index is 0.597. The lowest BCUT2D eigenvalue weighted by Gasteiger charge is -2.02. The minimum Gasteiger partial charge on any atom is -0.453 e. The van der Waals surface area contributed by atoms with E-state index in [-0.39, 0.29) is 0 Å². The molecule has 0 fully saturated rings. The third-order valence-corrected chi connectivity index (χ3v) is 3.04. The molecule has 3 aromatic rings. The zero-order chi connectivity index (χ0) is 13.2. The summed E-state index contributed by atoms with van der Waals surface area (Å²) < 4.78 is 5.76. The molecule has 0 saturated carbocycles. The molecular weight excluding hydrogens is 262 g/mol. The number of anilines is 1. The largest absolute Gasteiger partial charge is 0.453 e. The monoisotopic (exact) mass is 273 g/mol. The van der Waals surface area contributed by atoms with Gasteiger partial charge in [0, 0.05) is 11.9 Å². The molecule has 19 heavy (non-hydrogen) atoms. The first-order valence-electron chi connectivity index (χ1n) is 6.02. The van der Waals surface area contributed by atoms with E-state index in [1.807, 2.05) is 25.1 Å². The topological polar surface area (TPSA) is 51.0 Å². The molecule has 0 radical (unpaired) electrons. The SMILES string of the molecule is CCNc1cncc(-c2cc3cccc(Cl)c3o2)n1. The summed E-state index contributed by atoms with van der Waals surface area (Å²) in [5, 5.41) is 4.67. The summed E-state index contributed by atoms with van der Waals surface area (Å²) >= 11 is 6.10. The van der Waals surface area contributed by atoms with Crippen LogP contribution in [0.3, 0.4) is 0 Å². The third-order valence-electron chi connectivity index (χ3n) is 2.74. The van der Waals surface area contributed by atoms with E-state index >= 15 is 0 Å². The van der Waals surface area contributed by atoms with Crippen molar-refractivity contribution in [3.05, 3.63) is 41.7 Å². The van der Waals surface area contributed by atoms with Gasteiger partial charge in [0.2, 0.25) is 0 Å². The lowest BCUT2D eigenvalue weighted by atomic mass is 10.2. The normalized spacial score (nSPS) is 10.8. The average Bonchev–Trinajstić information content (AvgIpc) is 2.85.